The van der Waals surface area contributed by atoms with E-state index in [1.165, 1.54) is 6.07 Å². The molecule has 0 aliphatic carbocycles. The molecule has 1 amide bonds. The minimum Gasteiger partial charge on any atom is -0.382 e. The van der Waals surface area contributed by atoms with Crippen molar-refractivity contribution < 1.29 is 9.72 Å². The number of amides is 1. The Bertz CT molecular complexity index is 559. The fourth-order valence-corrected chi connectivity index (χ4v) is 3.00. The van der Waals surface area contributed by atoms with Gasteiger partial charge in [-0.2, -0.15) is 0 Å². The van der Waals surface area contributed by atoms with Crippen molar-refractivity contribution >= 4 is 17.3 Å². The molecule has 0 aromatic heterocycles. The Kier molecular flexibility index (Phi) is 4.45. The van der Waals surface area contributed by atoms with Crippen LogP contribution in [0.15, 0.2) is 18.2 Å². The first-order valence-electron chi connectivity index (χ1n) is 7.21. The normalized spacial score (nSPS) is 22.0. The fraction of sp³-hybridized carbons (Fsp3) is 0.533. The number of nitrogens with one attached hydrogen (secondary N) is 1. The van der Waals surface area contributed by atoms with Crippen molar-refractivity contribution in [1.82, 2.24) is 4.90 Å². The second-order valence-electron chi connectivity index (χ2n) is 5.68. The molecular weight excluding hydrogens is 270 g/mol. The lowest BCUT2D eigenvalue weighted by Crippen LogP contribution is -2.44. The van der Waals surface area contributed by atoms with E-state index in [1.807, 2.05) is 11.8 Å². The van der Waals surface area contributed by atoms with Crippen molar-refractivity contribution in [2.75, 3.05) is 18.9 Å². The highest BCUT2D eigenvalue weighted by atomic mass is 16.6. The maximum atomic E-state index is 12.7. The van der Waals surface area contributed by atoms with Crippen LogP contribution in [0.2, 0.25) is 0 Å². The number of carbonyl (C=O) groups excluding carboxylic acids is 1. The average molecular weight is 291 g/mol. The SMILES string of the molecule is CNc1c(C(=O)N2CCC(C)CC2C)cccc1[N+](=O)[O-]. The number of rotatable bonds is 3. The molecule has 21 heavy (non-hydrogen) atoms. The summed E-state index contributed by atoms with van der Waals surface area (Å²) in [5, 5.41) is 13.9. The molecule has 0 radical (unpaired) electrons. The van der Waals surface area contributed by atoms with Crippen molar-refractivity contribution in [3.8, 4) is 0 Å². The van der Waals surface area contributed by atoms with Crippen LogP contribution < -0.4 is 5.32 Å². The number of anilines is 1. The van der Waals surface area contributed by atoms with Crippen molar-refractivity contribution in [2.24, 2.45) is 5.92 Å². The molecule has 1 fully saturated rings. The lowest BCUT2D eigenvalue weighted by atomic mass is 9.92. The van der Waals surface area contributed by atoms with Crippen molar-refractivity contribution in [3.05, 3.63) is 33.9 Å². The number of piperidine rings is 1. The number of carbonyl (C=O) groups is 1. The smallest absolute Gasteiger partial charge is 0.293 e. The summed E-state index contributed by atoms with van der Waals surface area (Å²) in [5.41, 5.74) is 0.591. The summed E-state index contributed by atoms with van der Waals surface area (Å²) in [5.74, 6) is 0.473. The van der Waals surface area contributed by atoms with Crippen LogP contribution in [0, 0.1) is 16.0 Å². The minimum atomic E-state index is -0.468. The third-order valence-electron chi connectivity index (χ3n) is 4.12. The molecule has 0 saturated carbocycles. The van der Waals surface area contributed by atoms with Gasteiger partial charge in [0.15, 0.2) is 0 Å². The number of nitro groups is 1. The lowest BCUT2D eigenvalue weighted by molar-refractivity contribution is -0.384. The van der Waals surface area contributed by atoms with Gasteiger partial charge in [-0.1, -0.05) is 13.0 Å². The van der Waals surface area contributed by atoms with Gasteiger partial charge < -0.3 is 10.2 Å². The summed E-state index contributed by atoms with van der Waals surface area (Å²) >= 11 is 0. The van der Waals surface area contributed by atoms with E-state index in [9.17, 15) is 14.9 Å². The molecular formula is C15H21N3O3. The molecule has 1 saturated heterocycles. The molecule has 1 aliphatic rings. The van der Waals surface area contributed by atoms with Crippen LogP contribution in [0.4, 0.5) is 11.4 Å². The van der Waals surface area contributed by atoms with Gasteiger partial charge in [0.2, 0.25) is 0 Å². The molecule has 1 aliphatic heterocycles. The number of benzene rings is 1. The third-order valence-corrected chi connectivity index (χ3v) is 4.12. The lowest BCUT2D eigenvalue weighted by Gasteiger charge is -2.36. The Morgan fingerprint density at radius 2 is 2.14 bits per heavy atom. The van der Waals surface area contributed by atoms with Gasteiger partial charge in [0, 0.05) is 25.7 Å². The predicted molar refractivity (Wildman–Crippen MR) is 81.5 cm³/mol. The van der Waals surface area contributed by atoms with Gasteiger partial charge in [0.25, 0.3) is 11.6 Å². The maximum absolute atomic E-state index is 12.7. The van der Waals surface area contributed by atoms with Crippen LogP contribution in [-0.2, 0) is 0 Å². The van der Waals surface area contributed by atoms with Gasteiger partial charge in [-0.05, 0) is 31.7 Å². The Labute approximate surface area is 124 Å². The molecule has 1 N–H and O–H groups in total. The van der Waals surface area contributed by atoms with Crippen LogP contribution in [-0.4, -0.2) is 35.4 Å². The van der Waals surface area contributed by atoms with E-state index in [2.05, 4.69) is 12.2 Å². The summed E-state index contributed by atoms with van der Waals surface area (Å²) in [6.45, 7) is 4.92. The summed E-state index contributed by atoms with van der Waals surface area (Å²) in [7, 11) is 1.60. The van der Waals surface area contributed by atoms with Gasteiger partial charge in [-0.3, -0.25) is 14.9 Å². The number of para-hydroxylation sites is 1. The van der Waals surface area contributed by atoms with E-state index < -0.39 is 4.92 Å². The number of likely N-dealkylation sites (tertiary alicyclic amines) is 1. The zero-order valence-electron chi connectivity index (χ0n) is 12.6. The van der Waals surface area contributed by atoms with Gasteiger partial charge in [0.05, 0.1) is 10.5 Å². The number of nitro benzene ring substituents is 1. The first-order chi connectivity index (χ1) is 9.95. The molecule has 114 valence electrons. The number of hydrogen-bond acceptors (Lipinski definition) is 4. The highest BCUT2D eigenvalue weighted by Crippen LogP contribution is 2.31. The van der Waals surface area contributed by atoms with E-state index in [4.69, 9.17) is 0 Å². The van der Waals surface area contributed by atoms with Crippen molar-refractivity contribution in [1.29, 1.82) is 0 Å². The van der Waals surface area contributed by atoms with Gasteiger partial charge in [-0.15, -0.1) is 0 Å². The monoisotopic (exact) mass is 291 g/mol. The highest BCUT2D eigenvalue weighted by Gasteiger charge is 2.30. The minimum absolute atomic E-state index is 0.0682. The standard InChI is InChI=1S/C15H21N3O3/c1-10-7-8-17(11(2)9-10)15(19)12-5-4-6-13(18(20)21)14(12)16-3/h4-6,10-11,16H,7-9H2,1-3H3. The molecule has 6 heteroatoms. The molecule has 1 aromatic rings. The second kappa shape index (κ2) is 6.11. The van der Waals surface area contributed by atoms with Crippen LogP contribution >= 0.6 is 0 Å². The summed E-state index contributed by atoms with van der Waals surface area (Å²) in [6.07, 6.45) is 1.94. The van der Waals surface area contributed by atoms with Crippen LogP contribution in [0.25, 0.3) is 0 Å². The largest absolute Gasteiger partial charge is 0.382 e. The topological polar surface area (TPSA) is 75.5 Å². The molecule has 2 atom stereocenters. The van der Waals surface area contributed by atoms with Crippen LogP contribution in [0.5, 0.6) is 0 Å². The molecule has 2 rings (SSSR count). The second-order valence-corrected chi connectivity index (χ2v) is 5.68. The third kappa shape index (κ3) is 2.99. The summed E-state index contributed by atoms with van der Waals surface area (Å²) < 4.78 is 0. The summed E-state index contributed by atoms with van der Waals surface area (Å²) in [4.78, 5) is 25.2. The molecule has 1 heterocycles. The first-order valence-corrected chi connectivity index (χ1v) is 7.21. The van der Waals surface area contributed by atoms with Crippen molar-refractivity contribution in [2.45, 2.75) is 32.7 Å². The Balaban J connectivity index is 2.35. The average Bonchev–Trinajstić information content (AvgIpc) is 2.45. The quantitative estimate of drug-likeness (QED) is 0.686. The van der Waals surface area contributed by atoms with Gasteiger partial charge in [0.1, 0.15) is 5.69 Å². The van der Waals surface area contributed by atoms with E-state index >= 15 is 0 Å². The summed E-state index contributed by atoms with van der Waals surface area (Å²) in [6, 6.07) is 4.77. The Hall–Kier alpha value is -2.11. The number of nitrogens with zero attached hydrogens (tertiary/aromatic N) is 2. The molecule has 2 unspecified atom stereocenters. The maximum Gasteiger partial charge on any atom is 0.293 e. The molecule has 0 spiro atoms. The van der Waals surface area contributed by atoms with Gasteiger partial charge in [-0.25, -0.2) is 0 Å². The van der Waals surface area contributed by atoms with Crippen LogP contribution in [0.1, 0.15) is 37.0 Å². The van der Waals surface area contributed by atoms with Gasteiger partial charge >= 0.3 is 0 Å². The van der Waals surface area contributed by atoms with E-state index in [1.54, 1.807) is 19.2 Å². The van der Waals surface area contributed by atoms with Crippen molar-refractivity contribution in [3.63, 3.8) is 0 Å². The zero-order chi connectivity index (χ0) is 15.6. The number of hydrogen-bond donors (Lipinski definition) is 1. The predicted octanol–water partition coefficient (Wildman–Crippen LogP) is 2.90. The highest BCUT2D eigenvalue weighted by molar-refractivity contribution is 6.01. The van der Waals surface area contributed by atoms with E-state index in [0.717, 1.165) is 12.8 Å². The fourth-order valence-electron chi connectivity index (χ4n) is 3.00. The molecule has 6 nitrogen and oxygen atoms in total. The first kappa shape index (κ1) is 15.3. The molecule has 1 aromatic carbocycles. The van der Waals surface area contributed by atoms with E-state index in [0.29, 0.717) is 23.7 Å². The zero-order valence-corrected chi connectivity index (χ0v) is 12.6. The van der Waals surface area contributed by atoms with Crippen LogP contribution in [0.3, 0.4) is 0 Å². The Morgan fingerprint density at radius 1 is 1.43 bits per heavy atom. The Morgan fingerprint density at radius 3 is 2.71 bits per heavy atom. The van der Waals surface area contributed by atoms with E-state index in [-0.39, 0.29) is 17.6 Å². The molecule has 0 bridgehead atoms.